The number of Topliss-reactive ketones (excluding diaryl/α,β-unsaturated/α-hetero) is 1. The van der Waals surface area contributed by atoms with Gasteiger partial charge in [-0.1, -0.05) is 72.8 Å². The third kappa shape index (κ3) is 7.63. The minimum Gasteiger partial charge on any atom is -0.330 e. The Kier molecular flexibility index (Phi) is 11.7. The molecule has 2 heterocycles. The van der Waals surface area contributed by atoms with Crippen molar-refractivity contribution in [3.05, 3.63) is 123 Å². The number of amides is 1. The number of carbonyl (C=O) groups excluding carboxylic acids is 2. The van der Waals surface area contributed by atoms with Crippen LogP contribution in [0.25, 0.3) is 0 Å². The predicted molar refractivity (Wildman–Crippen MR) is 190 cm³/mol. The molecule has 252 valence electrons. The van der Waals surface area contributed by atoms with Crippen molar-refractivity contribution in [3.63, 3.8) is 0 Å². The number of piperidine rings is 1. The number of benzene rings is 3. The highest BCUT2D eigenvalue weighted by atomic mass is 16.6. The standard InChI is InChI=1S/C39H47N5O4/c1-29-36(30(2)46)37(31-17-19-34(20-18-31)44(47)48)38(35(41-29)16-9-10-23-40)43(28-45)25-11-24-42-26-21-39(22-27-42,32-12-5-3-6-13-32)33-14-7-4-8-15-33/h3-8,12-15,17-20,28,36-37H,9-11,16,21-27,40H2,1-2H3. The lowest BCUT2D eigenvalue weighted by atomic mass is 9.68. The van der Waals surface area contributed by atoms with E-state index >= 15 is 0 Å². The molecule has 2 unspecified atom stereocenters. The third-order valence-corrected chi connectivity index (χ3v) is 10.1. The predicted octanol–water partition coefficient (Wildman–Crippen LogP) is 6.63. The smallest absolute Gasteiger partial charge is 0.269 e. The molecule has 3 aromatic rings. The van der Waals surface area contributed by atoms with E-state index in [0.29, 0.717) is 30.9 Å². The van der Waals surface area contributed by atoms with Crippen LogP contribution in [0.1, 0.15) is 75.0 Å². The average Bonchev–Trinajstić information content (AvgIpc) is 3.11. The minimum atomic E-state index is -0.576. The number of hydrogen-bond donors (Lipinski definition) is 1. The summed E-state index contributed by atoms with van der Waals surface area (Å²) in [6.45, 7) is 7.15. The number of nitro groups is 1. The molecule has 1 saturated heterocycles. The zero-order chi connectivity index (χ0) is 34.1. The van der Waals surface area contributed by atoms with Crippen LogP contribution in [0.2, 0.25) is 0 Å². The van der Waals surface area contributed by atoms with Gasteiger partial charge >= 0.3 is 0 Å². The molecule has 5 rings (SSSR count). The van der Waals surface area contributed by atoms with E-state index in [2.05, 4.69) is 65.6 Å². The van der Waals surface area contributed by atoms with Crippen LogP contribution < -0.4 is 5.73 Å². The highest BCUT2D eigenvalue weighted by Gasteiger charge is 2.40. The van der Waals surface area contributed by atoms with Crippen LogP contribution >= 0.6 is 0 Å². The van der Waals surface area contributed by atoms with E-state index in [0.717, 1.165) is 69.4 Å². The van der Waals surface area contributed by atoms with E-state index in [-0.39, 0.29) is 16.9 Å². The fraction of sp³-hybridized carbons (Fsp3) is 0.410. The van der Waals surface area contributed by atoms with Gasteiger partial charge in [-0.3, -0.25) is 24.7 Å². The number of allylic oxidation sites excluding steroid dienone is 2. The van der Waals surface area contributed by atoms with E-state index in [4.69, 9.17) is 10.7 Å². The number of nitro benzene ring substituents is 1. The van der Waals surface area contributed by atoms with Crippen molar-refractivity contribution in [2.75, 3.05) is 32.7 Å². The van der Waals surface area contributed by atoms with Gasteiger partial charge in [0, 0.05) is 35.7 Å². The molecule has 0 saturated carbocycles. The second-order valence-corrected chi connectivity index (χ2v) is 13.1. The van der Waals surface area contributed by atoms with Crippen molar-refractivity contribution >= 4 is 23.6 Å². The maximum absolute atomic E-state index is 13.1. The maximum atomic E-state index is 13.1. The van der Waals surface area contributed by atoms with Crippen LogP contribution in [0.4, 0.5) is 5.69 Å². The maximum Gasteiger partial charge on any atom is 0.269 e. The van der Waals surface area contributed by atoms with Gasteiger partial charge < -0.3 is 15.5 Å². The molecule has 0 spiro atoms. The number of likely N-dealkylation sites (tertiary alicyclic amines) is 1. The van der Waals surface area contributed by atoms with Gasteiger partial charge in [0.25, 0.3) is 5.69 Å². The zero-order valence-electron chi connectivity index (χ0n) is 28.1. The molecular formula is C39H47N5O4. The first-order valence-electron chi connectivity index (χ1n) is 17.1. The lowest BCUT2D eigenvalue weighted by Gasteiger charge is -2.43. The molecular weight excluding hydrogens is 602 g/mol. The summed E-state index contributed by atoms with van der Waals surface area (Å²) in [5.74, 6) is -1.11. The van der Waals surface area contributed by atoms with Gasteiger partial charge in [-0.05, 0) is 95.2 Å². The van der Waals surface area contributed by atoms with Crippen molar-refractivity contribution in [1.82, 2.24) is 9.80 Å². The van der Waals surface area contributed by atoms with Crippen molar-refractivity contribution in [1.29, 1.82) is 0 Å². The SMILES string of the molecule is CC(=O)C1C(C)=NC(CCCCN)=C(N(C=O)CCCN2CCC(c3ccccc3)(c3ccccc3)CC2)C1c1ccc([N+](=O)[O-])cc1. The van der Waals surface area contributed by atoms with E-state index in [1.165, 1.54) is 23.3 Å². The molecule has 0 radical (unpaired) electrons. The number of non-ortho nitro benzene ring substituents is 1. The summed E-state index contributed by atoms with van der Waals surface area (Å²) in [6, 6.07) is 27.9. The van der Waals surface area contributed by atoms with E-state index in [1.54, 1.807) is 24.0 Å². The Morgan fingerprint density at radius 1 is 0.979 bits per heavy atom. The first-order chi connectivity index (χ1) is 23.3. The fourth-order valence-electron chi connectivity index (χ4n) is 7.68. The van der Waals surface area contributed by atoms with Crippen LogP contribution in [0.3, 0.4) is 0 Å². The van der Waals surface area contributed by atoms with Crippen LogP contribution in [-0.2, 0) is 15.0 Å². The molecule has 48 heavy (non-hydrogen) atoms. The second kappa shape index (κ2) is 16.1. The molecule has 2 atom stereocenters. The van der Waals surface area contributed by atoms with Crippen molar-refractivity contribution in [2.24, 2.45) is 16.6 Å². The summed E-state index contributed by atoms with van der Waals surface area (Å²) in [4.78, 5) is 46.1. The summed E-state index contributed by atoms with van der Waals surface area (Å²) in [5, 5.41) is 11.4. The number of hydrogen-bond acceptors (Lipinski definition) is 7. The van der Waals surface area contributed by atoms with Crippen molar-refractivity contribution in [2.45, 2.75) is 63.7 Å². The summed E-state index contributed by atoms with van der Waals surface area (Å²) in [7, 11) is 0. The molecule has 3 aromatic carbocycles. The molecule has 0 aromatic heterocycles. The Balaban J connectivity index is 1.37. The minimum absolute atomic E-state index is 0.0228. The number of nitrogens with two attached hydrogens (primary N) is 1. The van der Waals surface area contributed by atoms with Crippen LogP contribution in [-0.4, -0.2) is 65.4 Å². The molecule has 9 nitrogen and oxygen atoms in total. The molecule has 9 heteroatoms. The van der Waals surface area contributed by atoms with Crippen LogP contribution in [0.15, 0.2) is 101 Å². The Morgan fingerprint density at radius 2 is 1.58 bits per heavy atom. The molecule has 1 amide bonds. The van der Waals surface area contributed by atoms with Gasteiger partial charge in [0.05, 0.1) is 22.2 Å². The van der Waals surface area contributed by atoms with Gasteiger partial charge in [-0.25, -0.2) is 0 Å². The molecule has 2 aliphatic heterocycles. The fourth-order valence-corrected chi connectivity index (χ4v) is 7.68. The zero-order valence-corrected chi connectivity index (χ0v) is 28.1. The van der Waals surface area contributed by atoms with E-state index < -0.39 is 16.8 Å². The van der Waals surface area contributed by atoms with Crippen molar-refractivity contribution in [3.8, 4) is 0 Å². The summed E-state index contributed by atoms with van der Waals surface area (Å²) in [5.41, 5.74) is 11.4. The molecule has 2 N–H and O–H groups in total. The number of rotatable bonds is 15. The van der Waals surface area contributed by atoms with Gasteiger partial charge in [0.15, 0.2) is 0 Å². The Hall–Kier alpha value is -4.47. The van der Waals surface area contributed by atoms with Crippen LogP contribution in [0.5, 0.6) is 0 Å². The first-order valence-corrected chi connectivity index (χ1v) is 17.1. The highest BCUT2D eigenvalue weighted by molar-refractivity contribution is 6.05. The molecule has 2 aliphatic rings. The average molecular weight is 650 g/mol. The number of carbonyl (C=O) groups is 2. The third-order valence-electron chi connectivity index (χ3n) is 10.1. The van der Waals surface area contributed by atoms with Crippen molar-refractivity contribution < 1.29 is 14.5 Å². The molecule has 0 aliphatic carbocycles. The quantitative estimate of drug-likeness (QED) is 0.0854. The molecule has 0 bridgehead atoms. The number of ketones is 1. The molecule has 1 fully saturated rings. The summed E-state index contributed by atoms with van der Waals surface area (Å²) in [6.07, 6.45) is 5.85. The summed E-state index contributed by atoms with van der Waals surface area (Å²) < 4.78 is 0. The Labute approximate surface area is 283 Å². The Bertz CT molecular complexity index is 1570. The normalized spacial score (nSPS) is 19.4. The van der Waals surface area contributed by atoms with E-state index in [1.807, 2.05) is 6.92 Å². The van der Waals surface area contributed by atoms with E-state index in [9.17, 15) is 19.7 Å². The van der Waals surface area contributed by atoms with Gasteiger partial charge in [0.1, 0.15) is 5.78 Å². The van der Waals surface area contributed by atoms with Gasteiger partial charge in [0.2, 0.25) is 6.41 Å². The van der Waals surface area contributed by atoms with Gasteiger partial charge in [-0.2, -0.15) is 0 Å². The number of unbranched alkanes of at least 4 members (excludes halogenated alkanes) is 1. The highest BCUT2D eigenvalue weighted by Crippen LogP contribution is 2.43. The summed E-state index contributed by atoms with van der Waals surface area (Å²) >= 11 is 0. The van der Waals surface area contributed by atoms with Crippen LogP contribution in [0, 0.1) is 16.0 Å². The Morgan fingerprint density at radius 3 is 2.10 bits per heavy atom. The topological polar surface area (TPSA) is 122 Å². The number of aliphatic imine (C=N–C) groups is 1. The first kappa shape index (κ1) is 34.9. The lowest BCUT2D eigenvalue weighted by Crippen LogP contribution is -2.44. The number of nitrogens with zero attached hydrogens (tertiary/aromatic N) is 4. The largest absolute Gasteiger partial charge is 0.330 e. The second-order valence-electron chi connectivity index (χ2n) is 13.1. The lowest BCUT2D eigenvalue weighted by molar-refractivity contribution is -0.384. The monoisotopic (exact) mass is 649 g/mol. The van der Waals surface area contributed by atoms with Gasteiger partial charge in [-0.15, -0.1) is 0 Å².